The number of nitrogens with one attached hydrogen (secondary N) is 1. The maximum absolute atomic E-state index is 12.1. The Morgan fingerprint density at radius 3 is 2.85 bits per heavy atom. The van der Waals surface area contributed by atoms with Crippen LogP contribution in [0.2, 0.25) is 0 Å². The summed E-state index contributed by atoms with van der Waals surface area (Å²) in [5.41, 5.74) is 8.05. The lowest BCUT2D eigenvalue weighted by Gasteiger charge is -2.09. The Kier molecular flexibility index (Phi) is 4.68. The topological polar surface area (TPSA) is 77.2 Å². The number of ether oxygens (including phenoxy) is 1. The van der Waals surface area contributed by atoms with E-state index in [0.29, 0.717) is 24.5 Å². The number of hydrogen-bond donors (Lipinski definition) is 2. The maximum Gasteiger partial charge on any atom is 0.257 e. The molecule has 0 bridgehead atoms. The Morgan fingerprint density at radius 1 is 1.30 bits per heavy atom. The number of carbonyl (C=O) groups is 1. The molecule has 1 heterocycles. The van der Waals surface area contributed by atoms with Gasteiger partial charge < -0.3 is 15.8 Å². The van der Waals surface area contributed by atoms with Crippen LogP contribution in [0.25, 0.3) is 0 Å². The summed E-state index contributed by atoms with van der Waals surface area (Å²) < 4.78 is 5.07. The van der Waals surface area contributed by atoms with Crippen molar-refractivity contribution < 1.29 is 9.53 Å². The lowest BCUT2D eigenvalue weighted by Crippen LogP contribution is -2.23. The van der Waals surface area contributed by atoms with Crippen LogP contribution in [0, 0.1) is 0 Å². The smallest absolute Gasteiger partial charge is 0.257 e. The van der Waals surface area contributed by atoms with Crippen molar-refractivity contribution in [2.75, 3.05) is 7.11 Å². The normalized spacial score (nSPS) is 10.1. The zero-order chi connectivity index (χ0) is 14.4. The number of pyridine rings is 1. The molecule has 5 heteroatoms. The van der Waals surface area contributed by atoms with Gasteiger partial charge in [0.05, 0.1) is 7.11 Å². The van der Waals surface area contributed by atoms with Crippen molar-refractivity contribution in [3.05, 3.63) is 59.3 Å². The summed E-state index contributed by atoms with van der Waals surface area (Å²) in [4.78, 5) is 16.1. The standard InChI is InChI=1S/C15H17N3O2/c1-20-15-13(6-3-7-17-15)14(19)18-10-12-5-2-4-11(8-12)9-16/h2-8H,9-10,16H2,1H3,(H,18,19). The average molecular weight is 271 g/mol. The van der Waals surface area contributed by atoms with Gasteiger partial charge in [-0.2, -0.15) is 0 Å². The van der Waals surface area contributed by atoms with Crippen LogP contribution < -0.4 is 15.8 Å². The van der Waals surface area contributed by atoms with Gasteiger partial charge in [-0.15, -0.1) is 0 Å². The summed E-state index contributed by atoms with van der Waals surface area (Å²) in [6.45, 7) is 0.920. The SMILES string of the molecule is COc1ncccc1C(=O)NCc1cccc(CN)c1. The molecular weight excluding hydrogens is 254 g/mol. The number of nitrogens with two attached hydrogens (primary N) is 1. The van der Waals surface area contributed by atoms with Crippen molar-refractivity contribution in [2.24, 2.45) is 5.73 Å². The van der Waals surface area contributed by atoms with E-state index in [1.165, 1.54) is 7.11 Å². The molecule has 2 rings (SSSR count). The van der Waals surface area contributed by atoms with Crippen molar-refractivity contribution >= 4 is 5.91 Å². The van der Waals surface area contributed by atoms with Crippen LogP contribution in [0.5, 0.6) is 5.88 Å². The minimum atomic E-state index is -0.215. The predicted molar refractivity (Wildman–Crippen MR) is 76.3 cm³/mol. The molecule has 1 aromatic heterocycles. The van der Waals surface area contributed by atoms with Crippen LogP contribution in [-0.2, 0) is 13.1 Å². The van der Waals surface area contributed by atoms with E-state index in [9.17, 15) is 4.79 Å². The van der Waals surface area contributed by atoms with Crippen LogP contribution in [-0.4, -0.2) is 18.0 Å². The molecule has 0 aliphatic carbocycles. The molecule has 0 aliphatic rings. The fraction of sp³-hybridized carbons (Fsp3) is 0.200. The molecule has 20 heavy (non-hydrogen) atoms. The van der Waals surface area contributed by atoms with E-state index >= 15 is 0 Å². The number of nitrogens with zero attached hydrogens (tertiary/aromatic N) is 1. The van der Waals surface area contributed by atoms with Crippen LogP contribution in [0.3, 0.4) is 0 Å². The summed E-state index contributed by atoms with van der Waals surface area (Å²) in [7, 11) is 1.49. The van der Waals surface area contributed by atoms with Crippen LogP contribution >= 0.6 is 0 Å². The van der Waals surface area contributed by atoms with Gasteiger partial charge in [-0.3, -0.25) is 4.79 Å². The van der Waals surface area contributed by atoms with E-state index in [1.807, 2.05) is 24.3 Å². The molecule has 1 aromatic carbocycles. The Balaban J connectivity index is 2.04. The highest BCUT2D eigenvalue weighted by atomic mass is 16.5. The zero-order valence-electron chi connectivity index (χ0n) is 11.3. The van der Waals surface area contributed by atoms with E-state index in [0.717, 1.165) is 11.1 Å². The summed E-state index contributed by atoms with van der Waals surface area (Å²) in [5, 5.41) is 2.84. The van der Waals surface area contributed by atoms with Crippen LogP contribution in [0.4, 0.5) is 0 Å². The van der Waals surface area contributed by atoms with Crippen molar-refractivity contribution in [1.82, 2.24) is 10.3 Å². The third-order valence-corrected chi connectivity index (χ3v) is 2.89. The monoisotopic (exact) mass is 271 g/mol. The number of rotatable bonds is 5. The largest absolute Gasteiger partial charge is 0.480 e. The fourth-order valence-electron chi connectivity index (χ4n) is 1.87. The number of carbonyl (C=O) groups excluding carboxylic acids is 1. The first-order valence-corrected chi connectivity index (χ1v) is 6.29. The quantitative estimate of drug-likeness (QED) is 0.863. The molecule has 0 unspecified atom stereocenters. The Bertz CT molecular complexity index is 599. The summed E-state index contributed by atoms with van der Waals surface area (Å²) in [6.07, 6.45) is 1.58. The number of aromatic nitrogens is 1. The van der Waals surface area contributed by atoms with E-state index < -0.39 is 0 Å². The molecule has 2 aromatic rings. The molecule has 0 spiro atoms. The summed E-state index contributed by atoms with van der Waals surface area (Å²) in [5.74, 6) is 0.105. The van der Waals surface area contributed by atoms with Gasteiger partial charge in [0.25, 0.3) is 5.91 Å². The van der Waals surface area contributed by atoms with Crippen molar-refractivity contribution in [1.29, 1.82) is 0 Å². The van der Waals surface area contributed by atoms with Gasteiger partial charge in [0, 0.05) is 19.3 Å². The van der Waals surface area contributed by atoms with Crippen molar-refractivity contribution in [3.63, 3.8) is 0 Å². The second-order valence-corrected chi connectivity index (χ2v) is 4.27. The molecule has 0 fully saturated rings. The minimum Gasteiger partial charge on any atom is -0.480 e. The molecule has 1 amide bonds. The van der Waals surface area contributed by atoms with Crippen LogP contribution in [0.15, 0.2) is 42.6 Å². The van der Waals surface area contributed by atoms with Gasteiger partial charge >= 0.3 is 0 Å². The lowest BCUT2D eigenvalue weighted by molar-refractivity contribution is 0.0947. The van der Waals surface area contributed by atoms with Gasteiger partial charge in [0.1, 0.15) is 5.56 Å². The number of methoxy groups -OCH3 is 1. The highest BCUT2D eigenvalue weighted by Gasteiger charge is 2.12. The Labute approximate surface area is 117 Å². The number of hydrogen-bond acceptors (Lipinski definition) is 4. The third kappa shape index (κ3) is 3.33. The molecule has 0 saturated heterocycles. The lowest BCUT2D eigenvalue weighted by atomic mass is 10.1. The number of benzene rings is 1. The van der Waals surface area contributed by atoms with Crippen LogP contribution in [0.1, 0.15) is 21.5 Å². The van der Waals surface area contributed by atoms with Crippen molar-refractivity contribution in [2.45, 2.75) is 13.1 Å². The first kappa shape index (κ1) is 14.0. The molecule has 5 nitrogen and oxygen atoms in total. The molecule has 0 radical (unpaired) electrons. The Hall–Kier alpha value is -2.40. The van der Waals surface area contributed by atoms with E-state index in [2.05, 4.69) is 10.3 Å². The molecule has 0 aliphatic heterocycles. The van der Waals surface area contributed by atoms with Gasteiger partial charge in [-0.25, -0.2) is 4.98 Å². The van der Waals surface area contributed by atoms with Crippen molar-refractivity contribution in [3.8, 4) is 5.88 Å². The highest BCUT2D eigenvalue weighted by molar-refractivity contribution is 5.96. The van der Waals surface area contributed by atoms with Gasteiger partial charge in [0.15, 0.2) is 0 Å². The molecule has 0 atom stereocenters. The van der Waals surface area contributed by atoms with Gasteiger partial charge in [-0.1, -0.05) is 24.3 Å². The molecule has 104 valence electrons. The summed E-state index contributed by atoms with van der Waals surface area (Å²) in [6, 6.07) is 11.2. The van der Waals surface area contributed by atoms with E-state index in [4.69, 9.17) is 10.5 Å². The second-order valence-electron chi connectivity index (χ2n) is 4.27. The molecule has 3 N–H and O–H groups in total. The van der Waals surface area contributed by atoms with Gasteiger partial charge in [-0.05, 0) is 23.3 Å². The molecular formula is C15H17N3O2. The zero-order valence-corrected chi connectivity index (χ0v) is 11.3. The predicted octanol–water partition coefficient (Wildman–Crippen LogP) is 1.48. The first-order chi connectivity index (χ1) is 9.74. The summed E-state index contributed by atoms with van der Waals surface area (Å²) >= 11 is 0. The van der Waals surface area contributed by atoms with Gasteiger partial charge in [0.2, 0.25) is 5.88 Å². The Morgan fingerprint density at radius 2 is 2.10 bits per heavy atom. The number of amides is 1. The second kappa shape index (κ2) is 6.68. The van der Waals surface area contributed by atoms with E-state index in [1.54, 1.807) is 18.3 Å². The molecule has 0 saturated carbocycles. The third-order valence-electron chi connectivity index (χ3n) is 2.89. The average Bonchev–Trinajstić information content (AvgIpc) is 2.52. The maximum atomic E-state index is 12.1. The highest BCUT2D eigenvalue weighted by Crippen LogP contribution is 2.13. The minimum absolute atomic E-state index is 0.215. The fourth-order valence-corrected chi connectivity index (χ4v) is 1.87. The van der Waals surface area contributed by atoms with E-state index in [-0.39, 0.29) is 5.91 Å². The first-order valence-electron chi connectivity index (χ1n) is 6.29.